The smallest absolute Gasteiger partial charge is 0.337 e. The van der Waals surface area contributed by atoms with Gasteiger partial charge in [0.05, 0.1) is 12.7 Å². The van der Waals surface area contributed by atoms with Crippen molar-refractivity contribution in [1.82, 2.24) is 9.97 Å². The van der Waals surface area contributed by atoms with Crippen LogP contribution in [0.2, 0.25) is 0 Å². The number of nitrogens with two attached hydrogens (primary N) is 1. The van der Waals surface area contributed by atoms with E-state index in [-0.39, 0.29) is 11.6 Å². The number of nitrogen functional groups attached to an aromatic ring is 1. The monoisotopic (exact) mass is 386 g/mol. The van der Waals surface area contributed by atoms with Crippen molar-refractivity contribution in [2.24, 2.45) is 0 Å². The standard InChI is InChI=1S/C22H18N4O3/c1-28-22(27)15-6-9-17(10-7-15)26-20-19(23)21(25-13-24-20)29-18-11-8-14-4-2-3-5-16(14)12-18/h2-13H,23H2,1H3,(H,24,25,26). The molecule has 3 N–H and O–H groups in total. The van der Waals surface area contributed by atoms with Gasteiger partial charge in [-0.2, -0.15) is 4.98 Å². The number of hydrogen-bond donors (Lipinski definition) is 2. The lowest BCUT2D eigenvalue weighted by atomic mass is 10.1. The van der Waals surface area contributed by atoms with Crippen LogP contribution in [0, 0.1) is 0 Å². The molecule has 7 heteroatoms. The zero-order valence-electron chi connectivity index (χ0n) is 15.6. The number of esters is 1. The van der Waals surface area contributed by atoms with Crippen molar-refractivity contribution in [3.8, 4) is 11.6 Å². The van der Waals surface area contributed by atoms with Gasteiger partial charge >= 0.3 is 5.97 Å². The third kappa shape index (κ3) is 3.93. The van der Waals surface area contributed by atoms with Gasteiger partial charge in [0, 0.05) is 5.69 Å². The zero-order valence-corrected chi connectivity index (χ0v) is 15.6. The summed E-state index contributed by atoms with van der Waals surface area (Å²) in [5.41, 5.74) is 7.64. The van der Waals surface area contributed by atoms with Crippen molar-refractivity contribution in [2.75, 3.05) is 18.2 Å². The second-order valence-electron chi connectivity index (χ2n) is 6.25. The number of fused-ring (bicyclic) bond motifs is 1. The second-order valence-corrected chi connectivity index (χ2v) is 6.25. The number of rotatable bonds is 5. The van der Waals surface area contributed by atoms with Gasteiger partial charge in [-0.25, -0.2) is 9.78 Å². The topological polar surface area (TPSA) is 99.4 Å². The molecule has 0 unspecified atom stereocenters. The molecule has 0 aliphatic carbocycles. The zero-order chi connectivity index (χ0) is 20.2. The van der Waals surface area contributed by atoms with Crippen molar-refractivity contribution < 1.29 is 14.3 Å². The third-order valence-electron chi connectivity index (χ3n) is 4.35. The molecule has 0 saturated carbocycles. The molecule has 0 aliphatic heterocycles. The van der Waals surface area contributed by atoms with Crippen molar-refractivity contribution in [3.63, 3.8) is 0 Å². The summed E-state index contributed by atoms with van der Waals surface area (Å²) in [4.78, 5) is 19.9. The molecule has 0 saturated heterocycles. The van der Waals surface area contributed by atoms with E-state index in [9.17, 15) is 4.79 Å². The first-order valence-corrected chi connectivity index (χ1v) is 8.86. The first-order valence-electron chi connectivity index (χ1n) is 8.86. The summed E-state index contributed by atoms with van der Waals surface area (Å²) in [7, 11) is 1.34. The van der Waals surface area contributed by atoms with E-state index < -0.39 is 5.97 Å². The van der Waals surface area contributed by atoms with Gasteiger partial charge in [0.1, 0.15) is 17.8 Å². The Morgan fingerprint density at radius 2 is 1.72 bits per heavy atom. The number of benzene rings is 3. The fraction of sp³-hybridized carbons (Fsp3) is 0.0455. The van der Waals surface area contributed by atoms with Crippen molar-refractivity contribution >= 4 is 33.9 Å². The van der Waals surface area contributed by atoms with E-state index >= 15 is 0 Å². The van der Waals surface area contributed by atoms with Gasteiger partial charge in [-0.3, -0.25) is 0 Å². The molecular formula is C22H18N4O3. The molecule has 7 nitrogen and oxygen atoms in total. The molecule has 1 heterocycles. The largest absolute Gasteiger partial charge is 0.465 e. The molecule has 0 atom stereocenters. The number of carbonyl (C=O) groups is 1. The van der Waals surface area contributed by atoms with Crippen LogP contribution < -0.4 is 15.8 Å². The van der Waals surface area contributed by atoms with E-state index in [4.69, 9.17) is 15.2 Å². The van der Waals surface area contributed by atoms with Gasteiger partial charge in [0.15, 0.2) is 5.82 Å². The first kappa shape index (κ1) is 18.2. The van der Waals surface area contributed by atoms with Crippen molar-refractivity contribution in [2.45, 2.75) is 0 Å². The lowest BCUT2D eigenvalue weighted by molar-refractivity contribution is 0.0601. The molecule has 0 aliphatic rings. The summed E-state index contributed by atoms with van der Waals surface area (Å²) < 4.78 is 10.6. The summed E-state index contributed by atoms with van der Waals surface area (Å²) in [5.74, 6) is 0.886. The number of nitrogens with zero attached hydrogens (tertiary/aromatic N) is 2. The molecule has 4 rings (SSSR count). The predicted octanol–water partition coefficient (Wildman–Crippen LogP) is 4.53. The molecule has 1 aromatic heterocycles. The molecule has 0 radical (unpaired) electrons. The van der Waals surface area contributed by atoms with Gasteiger partial charge in [0.2, 0.25) is 5.88 Å². The Bertz CT molecular complexity index is 1180. The highest BCUT2D eigenvalue weighted by atomic mass is 16.5. The fourth-order valence-electron chi connectivity index (χ4n) is 2.85. The number of nitrogens with one attached hydrogen (secondary N) is 1. The molecule has 0 amide bonds. The highest BCUT2D eigenvalue weighted by Crippen LogP contribution is 2.32. The van der Waals surface area contributed by atoms with Crippen LogP contribution in [0.1, 0.15) is 10.4 Å². The average Bonchev–Trinajstić information content (AvgIpc) is 2.76. The van der Waals surface area contributed by atoms with Crippen LogP contribution in [0.4, 0.5) is 17.2 Å². The minimum absolute atomic E-state index is 0.254. The normalized spacial score (nSPS) is 10.5. The highest BCUT2D eigenvalue weighted by molar-refractivity contribution is 5.90. The summed E-state index contributed by atoms with van der Waals surface area (Å²) in [6, 6.07) is 20.5. The Balaban J connectivity index is 1.55. The maximum Gasteiger partial charge on any atom is 0.337 e. The van der Waals surface area contributed by atoms with Gasteiger partial charge in [-0.05, 0) is 47.2 Å². The lowest BCUT2D eigenvalue weighted by Gasteiger charge is -2.12. The van der Waals surface area contributed by atoms with Crippen LogP contribution in [0.3, 0.4) is 0 Å². The second kappa shape index (κ2) is 7.85. The van der Waals surface area contributed by atoms with Gasteiger partial charge < -0.3 is 20.5 Å². The van der Waals surface area contributed by atoms with Crippen LogP contribution in [-0.2, 0) is 4.74 Å². The molecule has 144 valence electrons. The summed E-state index contributed by atoms with van der Waals surface area (Å²) in [6.45, 7) is 0. The SMILES string of the molecule is COC(=O)c1ccc(Nc2ncnc(Oc3ccc4ccccc4c3)c2N)cc1. The third-order valence-corrected chi connectivity index (χ3v) is 4.35. The summed E-state index contributed by atoms with van der Waals surface area (Å²) in [5, 5.41) is 5.28. The number of anilines is 3. The van der Waals surface area contributed by atoms with Crippen molar-refractivity contribution in [1.29, 1.82) is 0 Å². The van der Waals surface area contributed by atoms with E-state index in [1.165, 1.54) is 13.4 Å². The van der Waals surface area contributed by atoms with Crippen LogP contribution in [-0.4, -0.2) is 23.0 Å². The Morgan fingerprint density at radius 3 is 2.48 bits per heavy atom. The average molecular weight is 386 g/mol. The molecule has 29 heavy (non-hydrogen) atoms. The first-order chi connectivity index (χ1) is 14.1. The maximum atomic E-state index is 11.5. The van der Waals surface area contributed by atoms with Crippen LogP contribution >= 0.6 is 0 Å². The predicted molar refractivity (Wildman–Crippen MR) is 112 cm³/mol. The number of aromatic nitrogens is 2. The Labute approximate surface area is 167 Å². The fourth-order valence-corrected chi connectivity index (χ4v) is 2.85. The van der Waals surface area contributed by atoms with E-state index in [0.29, 0.717) is 22.8 Å². The molecule has 3 aromatic carbocycles. The minimum atomic E-state index is -0.399. The Morgan fingerprint density at radius 1 is 0.966 bits per heavy atom. The van der Waals surface area contributed by atoms with Crippen molar-refractivity contribution in [3.05, 3.63) is 78.6 Å². The molecule has 0 spiro atoms. The minimum Gasteiger partial charge on any atom is -0.465 e. The van der Waals surface area contributed by atoms with E-state index in [2.05, 4.69) is 15.3 Å². The summed E-state index contributed by atoms with van der Waals surface area (Å²) >= 11 is 0. The molecule has 4 aromatic rings. The Hall–Kier alpha value is -4.13. The van der Waals surface area contributed by atoms with Crippen LogP contribution in [0.5, 0.6) is 11.6 Å². The summed E-state index contributed by atoms with van der Waals surface area (Å²) in [6.07, 6.45) is 1.37. The lowest BCUT2D eigenvalue weighted by Crippen LogP contribution is -2.04. The van der Waals surface area contributed by atoms with E-state index in [1.54, 1.807) is 24.3 Å². The highest BCUT2D eigenvalue weighted by Gasteiger charge is 2.12. The number of carbonyl (C=O) groups excluding carboxylic acids is 1. The van der Waals surface area contributed by atoms with Gasteiger partial charge in [0.25, 0.3) is 0 Å². The number of ether oxygens (including phenoxy) is 2. The Kier molecular flexibility index (Phi) is 4.94. The molecular weight excluding hydrogens is 368 g/mol. The van der Waals surface area contributed by atoms with E-state index in [0.717, 1.165) is 10.8 Å². The molecule has 0 fully saturated rings. The number of hydrogen-bond acceptors (Lipinski definition) is 7. The van der Waals surface area contributed by atoms with Gasteiger partial charge in [-0.15, -0.1) is 0 Å². The molecule has 0 bridgehead atoms. The van der Waals surface area contributed by atoms with Gasteiger partial charge in [-0.1, -0.05) is 30.3 Å². The quantitative estimate of drug-likeness (QED) is 0.486. The van der Waals surface area contributed by atoms with E-state index in [1.807, 2.05) is 42.5 Å². The maximum absolute atomic E-state index is 11.5. The van der Waals surface area contributed by atoms with Crippen LogP contribution in [0.25, 0.3) is 10.8 Å². The number of methoxy groups -OCH3 is 1. The van der Waals surface area contributed by atoms with Crippen LogP contribution in [0.15, 0.2) is 73.1 Å².